The highest BCUT2D eigenvalue weighted by atomic mass is 19.1. The third kappa shape index (κ3) is 4.55. The van der Waals surface area contributed by atoms with Crippen LogP contribution in [0.5, 0.6) is 0 Å². The summed E-state index contributed by atoms with van der Waals surface area (Å²) in [7, 11) is 0. The lowest BCUT2D eigenvalue weighted by atomic mass is 10.2. The molecule has 0 saturated heterocycles. The van der Waals surface area contributed by atoms with Gasteiger partial charge in [-0.3, -0.25) is 4.79 Å². The van der Waals surface area contributed by atoms with Crippen LogP contribution in [0.4, 0.5) is 14.6 Å². The van der Waals surface area contributed by atoms with Gasteiger partial charge in [-0.05, 0) is 55.5 Å². The number of benzene rings is 2. The van der Waals surface area contributed by atoms with E-state index in [-0.39, 0.29) is 11.4 Å². The van der Waals surface area contributed by atoms with Crippen LogP contribution >= 0.6 is 0 Å². The van der Waals surface area contributed by atoms with Crippen molar-refractivity contribution in [2.24, 2.45) is 0 Å². The van der Waals surface area contributed by atoms with Gasteiger partial charge in [0.05, 0.1) is 16.9 Å². The van der Waals surface area contributed by atoms with Crippen LogP contribution in [0.2, 0.25) is 0 Å². The summed E-state index contributed by atoms with van der Waals surface area (Å²) < 4.78 is 32.3. The van der Waals surface area contributed by atoms with E-state index in [1.54, 1.807) is 13.0 Å². The second kappa shape index (κ2) is 7.77. The smallest absolute Gasteiger partial charge is 0.338 e. The summed E-state index contributed by atoms with van der Waals surface area (Å²) in [5, 5.41) is 6.84. The van der Waals surface area contributed by atoms with Gasteiger partial charge < -0.3 is 10.1 Å². The fraction of sp³-hybridized carbons (Fsp3) is 0.105. The molecule has 27 heavy (non-hydrogen) atoms. The molecule has 0 atom stereocenters. The number of aromatic nitrogens is 2. The van der Waals surface area contributed by atoms with Crippen LogP contribution < -0.4 is 5.32 Å². The second-order valence-electron chi connectivity index (χ2n) is 5.69. The maximum atomic E-state index is 13.1. The van der Waals surface area contributed by atoms with Gasteiger partial charge in [0.1, 0.15) is 17.5 Å². The molecule has 3 aromatic rings. The van der Waals surface area contributed by atoms with Gasteiger partial charge in [-0.15, -0.1) is 0 Å². The van der Waals surface area contributed by atoms with Gasteiger partial charge in [-0.25, -0.2) is 18.3 Å². The van der Waals surface area contributed by atoms with Crippen molar-refractivity contribution in [2.45, 2.75) is 6.92 Å². The number of nitrogens with one attached hydrogen (secondary N) is 1. The number of aryl methyl sites for hydroxylation is 1. The first-order valence-electron chi connectivity index (χ1n) is 7.97. The Bertz CT molecular complexity index is 967. The van der Waals surface area contributed by atoms with E-state index in [1.165, 1.54) is 41.1 Å². The van der Waals surface area contributed by atoms with Crippen molar-refractivity contribution in [3.8, 4) is 5.69 Å². The molecule has 8 heteroatoms. The molecular weight excluding hydrogens is 356 g/mol. The van der Waals surface area contributed by atoms with Crippen molar-refractivity contribution in [3.05, 3.63) is 77.5 Å². The molecule has 1 heterocycles. The Kier molecular flexibility index (Phi) is 5.25. The first-order valence-corrected chi connectivity index (χ1v) is 7.97. The minimum atomic E-state index is -0.742. The monoisotopic (exact) mass is 371 g/mol. The first-order chi connectivity index (χ1) is 12.9. The van der Waals surface area contributed by atoms with Gasteiger partial charge in [0.25, 0.3) is 5.91 Å². The van der Waals surface area contributed by atoms with Crippen molar-refractivity contribution in [1.29, 1.82) is 0 Å². The van der Waals surface area contributed by atoms with E-state index in [9.17, 15) is 18.4 Å². The quantitative estimate of drug-likeness (QED) is 0.699. The molecule has 0 radical (unpaired) electrons. The van der Waals surface area contributed by atoms with Gasteiger partial charge in [0.15, 0.2) is 6.61 Å². The fourth-order valence-electron chi connectivity index (χ4n) is 2.35. The summed E-state index contributed by atoms with van der Waals surface area (Å²) in [6.45, 7) is 1.22. The molecule has 0 aliphatic heterocycles. The number of carbonyl (C=O) groups excluding carboxylic acids is 2. The lowest BCUT2D eigenvalue weighted by Gasteiger charge is -2.09. The van der Waals surface area contributed by atoms with Gasteiger partial charge >= 0.3 is 5.97 Å². The molecule has 6 nitrogen and oxygen atoms in total. The van der Waals surface area contributed by atoms with Gasteiger partial charge in [-0.2, -0.15) is 5.10 Å². The molecule has 3 rings (SSSR count). The number of ether oxygens (including phenoxy) is 1. The van der Waals surface area contributed by atoms with E-state index < -0.39 is 24.3 Å². The first kappa shape index (κ1) is 18.2. The summed E-state index contributed by atoms with van der Waals surface area (Å²) in [6.07, 6.45) is 0. The summed E-state index contributed by atoms with van der Waals surface area (Å²) in [5.74, 6) is -1.83. The van der Waals surface area contributed by atoms with Crippen LogP contribution in [0.1, 0.15) is 16.1 Å². The van der Waals surface area contributed by atoms with Crippen LogP contribution in [0, 0.1) is 18.6 Å². The van der Waals surface area contributed by atoms with Gasteiger partial charge in [0.2, 0.25) is 0 Å². The van der Waals surface area contributed by atoms with Crippen molar-refractivity contribution in [3.63, 3.8) is 0 Å². The molecule has 0 saturated carbocycles. The van der Waals surface area contributed by atoms with E-state index in [0.29, 0.717) is 17.2 Å². The molecule has 2 aromatic carbocycles. The Labute approximate surface area is 153 Å². The van der Waals surface area contributed by atoms with E-state index in [1.807, 2.05) is 0 Å². The molecule has 0 bridgehead atoms. The second-order valence-corrected chi connectivity index (χ2v) is 5.69. The third-order valence-electron chi connectivity index (χ3n) is 3.58. The normalized spacial score (nSPS) is 10.5. The number of hydrogen-bond acceptors (Lipinski definition) is 4. The molecule has 0 unspecified atom stereocenters. The van der Waals surface area contributed by atoms with Crippen LogP contribution in [-0.4, -0.2) is 28.3 Å². The van der Waals surface area contributed by atoms with Crippen LogP contribution in [-0.2, 0) is 9.53 Å². The fourth-order valence-corrected chi connectivity index (χ4v) is 2.35. The number of carbonyl (C=O) groups is 2. The number of rotatable bonds is 5. The van der Waals surface area contributed by atoms with Crippen molar-refractivity contribution < 1.29 is 23.1 Å². The highest BCUT2D eigenvalue weighted by Gasteiger charge is 2.14. The van der Waals surface area contributed by atoms with Gasteiger partial charge in [-0.1, -0.05) is 0 Å². The predicted molar refractivity (Wildman–Crippen MR) is 93.6 cm³/mol. The predicted octanol–water partition coefficient (Wildman–Crippen LogP) is 3.25. The Morgan fingerprint density at radius 1 is 1.04 bits per heavy atom. The van der Waals surface area contributed by atoms with Crippen molar-refractivity contribution in [1.82, 2.24) is 9.78 Å². The minimum absolute atomic E-state index is 0.136. The largest absolute Gasteiger partial charge is 0.452 e. The van der Waals surface area contributed by atoms with Gasteiger partial charge in [0, 0.05) is 6.07 Å². The van der Waals surface area contributed by atoms with E-state index in [4.69, 9.17) is 4.74 Å². The number of halogens is 2. The lowest BCUT2D eigenvalue weighted by molar-refractivity contribution is -0.119. The number of esters is 1. The number of anilines is 1. The van der Waals surface area contributed by atoms with Crippen molar-refractivity contribution >= 4 is 17.7 Å². The Morgan fingerprint density at radius 3 is 2.26 bits per heavy atom. The Balaban J connectivity index is 1.65. The highest BCUT2D eigenvalue weighted by Crippen LogP contribution is 2.17. The molecule has 1 N–H and O–H groups in total. The zero-order valence-electron chi connectivity index (χ0n) is 14.3. The zero-order chi connectivity index (χ0) is 19.4. The topological polar surface area (TPSA) is 73.2 Å². The average molecular weight is 371 g/mol. The summed E-state index contributed by atoms with van der Waals surface area (Å²) >= 11 is 0. The van der Waals surface area contributed by atoms with Crippen LogP contribution in [0.15, 0.2) is 54.6 Å². The Hall–Kier alpha value is -3.55. The number of nitrogens with zero attached hydrogens (tertiary/aromatic N) is 2. The maximum Gasteiger partial charge on any atom is 0.338 e. The van der Waals surface area contributed by atoms with E-state index in [2.05, 4.69) is 10.4 Å². The molecule has 0 aliphatic rings. The molecule has 1 aromatic heterocycles. The van der Waals surface area contributed by atoms with Crippen molar-refractivity contribution in [2.75, 3.05) is 11.9 Å². The lowest BCUT2D eigenvalue weighted by Crippen LogP contribution is -2.22. The number of hydrogen-bond donors (Lipinski definition) is 1. The minimum Gasteiger partial charge on any atom is -0.452 e. The third-order valence-corrected chi connectivity index (χ3v) is 3.58. The molecule has 138 valence electrons. The molecule has 0 aliphatic carbocycles. The standard InChI is InChI=1S/C19H15F2N3O3/c1-12-10-17(24(23-12)16-8-6-15(21)7-9-16)22-18(25)11-27-19(26)13-2-4-14(20)5-3-13/h2-10H,11H2,1H3,(H,22,25). The maximum absolute atomic E-state index is 13.1. The van der Waals surface area contributed by atoms with E-state index in [0.717, 1.165) is 12.1 Å². The average Bonchev–Trinajstić information content (AvgIpc) is 3.01. The summed E-state index contributed by atoms with van der Waals surface area (Å²) in [6, 6.07) is 12.0. The van der Waals surface area contributed by atoms with Crippen LogP contribution in [0.3, 0.4) is 0 Å². The highest BCUT2D eigenvalue weighted by molar-refractivity contribution is 5.95. The van der Waals surface area contributed by atoms with Crippen LogP contribution in [0.25, 0.3) is 5.69 Å². The zero-order valence-corrected chi connectivity index (χ0v) is 14.3. The van der Waals surface area contributed by atoms with E-state index >= 15 is 0 Å². The molecule has 0 spiro atoms. The SMILES string of the molecule is Cc1cc(NC(=O)COC(=O)c2ccc(F)cc2)n(-c2ccc(F)cc2)n1. The molecule has 1 amide bonds. The summed E-state index contributed by atoms with van der Waals surface area (Å²) in [5.41, 5.74) is 1.33. The number of amides is 1. The molecular formula is C19H15F2N3O3. The summed E-state index contributed by atoms with van der Waals surface area (Å²) in [4.78, 5) is 24.0. The molecule has 0 fully saturated rings. The Morgan fingerprint density at radius 2 is 1.63 bits per heavy atom.